The quantitative estimate of drug-likeness (QED) is 0.549. The number of hydrogen-bond donors (Lipinski definition) is 3. The van der Waals surface area contributed by atoms with Crippen molar-refractivity contribution in [2.75, 3.05) is 15.4 Å². The molecule has 7 nitrogen and oxygen atoms in total. The Morgan fingerprint density at radius 3 is 2.29 bits per heavy atom. The number of sulfonamides is 1. The van der Waals surface area contributed by atoms with Gasteiger partial charge in [0.05, 0.1) is 4.90 Å². The Kier molecular flexibility index (Phi) is 5.86. The Labute approximate surface area is 169 Å². The van der Waals surface area contributed by atoms with E-state index in [4.69, 9.17) is 12.2 Å². The SMILES string of the molecule is Cc1cccc(NC(=S)Nc2ccc(S(=O)(=O)Nc3ncccn3)cc2)c1C. The molecule has 0 saturated carbocycles. The molecule has 1 heterocycles. The minimum atomic E-state index is -3.77. The van der Waals surface area contributed by atoms with E-state index in [-0.39, 0.29) is 10.8 Å². The van der Waals surface area contributed by atoms with Gasteiger partial charge in [-0.2, -0.15) is 0 Å². The van der Waals surface area contributed by atoms with Crippen molar-refractivity contribution in [1.82, 2.24) is 9.97 Å². The first-order valence-electron chi connectivity index (χ1n) is 8.39. The van der Waals surface area contributed by atoms with E-state index in [1.54, 1.807) is 18.2 Å². The zero-order chi connectivity index (χ0) is 20.1. The van der Waals surface area contributed by atoms with Crippen molar-refractivity contribution in [3.63, 3.8) is 0 Å². The summed E-state index contributed by atoms with van der Waals surface area (Å²) in [5.74, 6) is 0.0172. The van der Waals surface area contributed by atoms with Gasteiger partial charge in [-0.15, -0.1) is 0 Å². The van der Waals surface area contributed by atoms with Crippen molar-refractivity contribution in [3.05, 3.63) is 72.1 Å². The topological polar surface area (TPSA) is 96.0 Å². The first kappa shape index (κ1) is 19.7. The lowest BCUT2D eigenvalue weighted by molar-refractivity contribution is 0.601. The highest BCUT2D eigenvalue weighted by Crippen LogP contribution is 2.19. The number of anilines is 3. The van der Waals surface area contributed by atoms with Crippen LogP contribution in [0, 0.1) is 13.8 Å². The molecule has 0 unspecified atom stereocenters. The summed E-state index contributed by atoms with van der Waals surface area (Å²) < 4.78 is 27.1. The predicted octanol–water partition coefficient (Wildman–Crippen LogP) is 3.70. The maximum Gasteiger partial charge on any atom is 0.264 e. The van der Waals surface area contributed by atoms with E-state index < -0.39 is 10.0 Å². The lowest BCUT2D eigenvalue weighted by atomic mass is 10.1. The number of thiocarbonyl (C=S) groups is 1. The molecule has 0 aliphatic heterocycles. The van der Waals surface area contributed by atoms with Crippen LogP contribution in [0.25, 0.3) is 0 Å². The van der Waals surface area contributed by atoms with Crippen LogP contribution in [0.4, 0.5) is 17.3 Å². The monoisotopic (exact) mass is 413 g/mol. The summed E-state index contributed by atoms with van der Waals surface area (Å²) in [6.45, 7) is 4.05. The maximum absolute atomic E-state index is 12.4. The van der Waals surface area contributed by atoms with Gasteiger partial charge in [0, 0.05) is 23.8 Å². The first-order chi connectivity index (χ1) is 13.3. The molecular weight excluding hydrogens is 394 g/mol. The van der Waals surface area contributed by atoms with Gasteiger partial charge in [0.1, 0.15) is 0 Å². The molecule has 3 aromatic rings. The molecule has 0 aliphatic rings. The summed E-state index contributed by atoms with van der Waals surface area (Å²) in [7, 11) is -3.77. The van der Waals surface area contributed by atoms with Crippen LogP contribution >= 0.6 is 12.2 Å². The lowest BCUT2D eigenvalue weighted by Crippen LogP contribution is -2.20. The number of aromatic nitrogens is 2. The van der Waals surface area contributed by atoms with E-state index in [9.17, 15) is 8.42 Å². The Morgan fingerprint density at radius 1 is 0.929 bits per heavy atom. The number of nitrogens with one attached hydrogen (secondary N) is 3. The van der Waals surface area contributed by atoms with Gasteiger partial charge < -0.3 is 10.6 Å². The number of benzene rings is 2. The summed E-state index contributed by atoms with van der Waals surface area (Å²) in [5.41, 5.74) is 3.86. The fourth-order valence-electron chi connectivity index (χ4n) is 2.42. The van der Waals surface area contributed by atoms with Gasteiger partial charge in [-0.05, 0) is 73.6 Å². The molecule has 0 bridgehead atoms. The van der Waals surface area contributed by atoms with Crippen molar-refractivity contribution in [1.29, 1.82) is 0 Å². The minimum Gasteiger partial charge on any atom is -0.332 e. The number of rotatable bonds is 5. The van der Waals surface area contributed by atoms with Gasteiger partial charge in [0.15, 0.2) is 5.11 Å². The van der Waals surface area contributed by atoms with Gasteiger partial charge in [-0.1, -0.05) is 12.1 Å². The summed E-state index contributed by atoms with van der Waals surface area (Å²) in [5, 5.41) is 6.61. The lowest BCUT2D eigenvalue weighted by Gasteiger charge is -2.14. The highest BCUT2D eigenvalue weighted by Gasteiger charge is 2.15. The smallest absolute Gasteiger partial charge is 0.264 e. The van der Waals surface area contributed by atoms with Crippen LogP contribution in [0.3, 0.4) is 0 Å². The van der Waals surface area contributed by atoms with Gasteiger partial charge in [0.25, 0.3) is 10.0 Å². The Balaban J connectivity index is 1.67. The number of nitrogens with zero attached hydrogens (tertiary/aromatic N) is 2. The molecule has 0 atom stereocenters. The predicted molar refractivity (Wildman–Crippen MR) is 115 cm³/mol. The Morgan fingerprint density at radius 2 is 1.61 bits per heavy atom. The standard InChI is InChI=1S/C19H19N5O2S2/c1-13-5-3-6-17(14(13)2)23-19(27)22-15-7-9-16(10-8-15)28(25,26)24-18-20-11-4-12-21-18/h3-12H,1-2H3,(H,20,21,24)(H2,22,23,27). The van der Waals surface area contributed by atoms with Gasteiger partial charge >= 0.3 is 0 Å². The molecular formula is C19H19N5O2S2. The third kappa shape index (κ3) is 4.81. The second-order valence-electron chi connectivity index (χ2n) is 6.03. The van der Waals surface area contributed by atoms with Crippen molar-refractivity contribution in [2.45, 2.75) is 18.7 Å². The summed E-state index contributed by atoms with van der Waals surface area (Å²) >= 11 is 5.34. The van der Waals surface area contributed by atoms with Crippen molar-refractivity contribution in [3.8, 4) is 0 Å². The van der Waals surface area contributed by atoms with Crippen molar-refractivity contribution < 1.29 is 8.42 Å². The van der Waals surface area contributed by atoms with Crippen LogP contribution in [-0.4, -0.2) is 23.5 Å². The molecule has 0 radical (unpaired) electrons. The van der Waals surface area contributed by atoms with Gasteiger partial charge in [-0.25, -0.2) is 23.1 Å². The number of hydrogen-bond acceptors (Lipinski definition) is 5. The molecule has 0 fully saturated rings. The van der Waals surface area contributed by atoms with Crippen LogP contribution < -0.4 is 15.4 Å². The molecule has 0 saturated heterocycles. The highest BCUT2D eigenvalue weighted by atomic mass is 32.2. The van der Waals surface area contributed by atoms with Crippen LogP contribution in [0.15, 0.2) is 65.8 Å². The molecule has 28 heavy (non-hydrogen) atoms. The second-order valence-corrected chi connectivity index (χ2v) is 8.12. The van der Waals surface area contributed by atoms with Gasteiger partial charge in [0.2, 0.25) is 5.95 Å². The Hall–Kier alpha value is -3.04. The molecule has 9 heteroatoms. The van der Waals surface area contributed by atoms with Crippen molar-refractivity contribution in [2.24, 2.45) is 0 Å². The first-order valence-corrected chi connectivity index (χ1v) is 10.3. The van der Waals surface area contributed by atoms with Crippen molar-refractivity contribution >= 4 is 44.7 Å². The molecule has 2 aromatic carbocycles. The van der Waals surface area contributed by atoms with E-state index in [2.05, 4.69) is 25.3 Å². The molecule has 0 amide bonds. The molecule has 0 aliphatic carbocycles. The molecule has 0 spiro atoms. The molecule has 3 N–H and O–H groups in total. The normalized spacial score (nSPS) is 10.9. The zero-order valence-electron chi connectivity index (χ0n) is 15.3. The summed E-state index contributed by atoms with van der Waals surface area (Å²) in [6.07, 6.45) is 2.92. The summed E-state index contributed by atoms with van der Waals surface area (Å²) in [6, 6.07) is 13.8. The van der Waals surface area contributed by atoms with Crippen LogP contribution in [-0.2, 0) is 10.0 Å². The number of aryl methyl sites for hydroxylation is 1. The van der Waals surface area contributed by atoms with E-state index in [1.165, 1.54) is 24.5 Å². The zero-order valence-corrected chi connectivity index (χ0v) is 16.9. The third-order valence-corrected chi connectivity index (χ3v) is 5.61. The maximum atomic E-state index is 12.4. The molecule has 144 valence electrons. The largest absolute Gasteiger partial charge is 0.332 e. The fourth-order valence-corrected chi connectivity index (χ4v) is 3.61. The average molecular weight is 414 g/mol. The third-order valence-electron chi connectivity index (χ3n) is 4.07. The second kappa shape index (κ2) is 8.32. The van der Waals surface area contributed by atoms with E-state index >= 15 is 0 Å². The van der Waals surface area contributed by atoms with Gasteiger partial charge in [-0.3, -0.25) is 0 Å². The van der Waals surface area contributed by atoms with E-state index in [0.717, 1.165) is 16.8 Å². The Bertz CT molecular complexity index is 1090. The minimum absolute atomic E-state index is 0.0172. The highest BCUT2D eigenvalue weighted by molar-refractivity contribution is 7.92. The van der Waals surface area contributed by atoms with Crippen LogP contribution in [0.5, 0.6) is 0 Å². The van der Waals surface area contributed by atoms with E-state index in [1.807, 2.05) is 32.0 Å². The average Bonchev–Trinajstić information content (AvgIpc) is 2.66. The van der Waals surface area contributed by atoms with E-state index in [0.29, 0.717) is 10.8 Å². The van der Waals surface area contributed by atoms with Crippen LogP contribution in [0.2, 0.25) is 0 Å². The summed E-state index contributed by atoms with van der Waals surface area (Å²) in [4.78, 5) is 7.82. The fraction of sp³-hybridized carbons (Fsp3) is 0.105. The van der Waals surface area contributed by atoms with Crippen LogP contribution in [0.1, 0.15) is 11.1 Å². The molecule has 3 rings (SSSR count). The molecule has 1 aromatic heterocycles.